The molecule has 178 valence electrons. The number of rotatable bonds is 17. The number of carbonyl (C=O) groups is 2. The van der Waals surface area contributed by atoms with Gasteiger partial charge in [0.1, 0.15) is 10.1 Å². The van der Waals surface area contributed by atoms with Crippen LogP contribution < -0.4 is 29.6 Å². The minimum atomic E-state index is -4.99. The molecule has 33 heavy (non-hydrogen) atoms. The van der Waals surface area contributed by atoms with Crippen molar-refractivity contribution in [2.75, 3.05) is 13.2 Å². The average Bonchev–Trinajstić information content (AvgIpc) is 2.76. The Hall–Kier alpha value is -1.45. The van der Waals surface area contributed by atoms with Crippen LogP contribution in [0.1, 0.15) is 84.9 Å². The van der Waals surface area contributed by atoms with Crippen LogP contribution in [0.5, 0.6) is 0 Å². The molecule has 0 N–H and O–H groups in total. The van der Waals surface area contributed by atoms with Crippen molar-refractivity contribution in [3.8, 4) is 0 Å². The van der Waals surface area contributed by atoms with E-state index in [-0.39, 0.29) is 48.3 Å². The predicted molar refractivity (Wildman–Crippen MR) is 122 cm³/mol. The zero-order valence-corrected chi connectivity index (χ0v) is 22.4. The van der Waals surface area contributed by atoms with E-state index in [0.29, 0.717) is 12.8 Å². The van der Waals surface area contributed by atoms with Gasteiger partial charge in [0, 0.05) is 0 Å². The fourth-order valence-corrected chi connectivity index (χ4v) is 3.78. The molecule has 1 aromatic rings. The standard InChI is InChI=1S/C24H34O7S.Na/c1-3-5-7-9-11-13-18-30-23(25)20-16-15-17-21(32(27,28)29)22(20)24(26)31-19-14-12-10-8-6-4-2;/h3-4,15-17H,1-2,5-14,18-19H2,(H,27,28,29);/q;+1/p-1. The zero-order chi connectivity index (χ0) is 23.8. The zero-order valence-electron chi connectivity index (χ0n) is 19.6. The molecule has 1 aromatic carbocycles. The van der Waals surface area contributed by atoms with Crippen LogP contribution in [-0.2, 0) is 19.6 Å². The van der Waals surface area contributed by atoms with Crippen molar-refractivity contribution in [3.63, 3.8) is 0 Å². The number of carbonyl (C=O) groups excluding carboxylic acids is 2. The van der Waals surface area contributed by atoms with Gasteiger partial charge < -0.3 is 14.0 Å². The van der Waals surface area contributed by atoms with E-state index in [2.05, 4.69) is 13.2 Å². The third-order valence-electron chi connectivity index (χ3n) is 4.79. The van der Waals surface area contributed by atoms with Gasteiger partial charge in [-0.2, -0.15) is 0 Å². The maximum Gasteiger partial charge on any atom is 1.00 e. The monoisotopic (exact) mass is 488 g/mol. The third-order valence-corrected chi connectivity index (χ3v) is 5.67. The van der Waals surface area contributed by atoms with Crippen molar-refractivity contribution in [1.29, 1.82) is 0 Å². The number of esters is 2. The molecule has 0 saturated heterocycles. The van der Waals surface area contributed by atoms with E-state index < -0.39 is 32.5 Å². The Labute approximate surface area is 219 Å². The summed E-state index contributed by atoms with van der Waals surface area (Å²) in [5.41, 5.74) is -0.852. The van der Waals surface area contributed by atoms with Gasteiger partial charge >= 0.3 is 41.5 Å². The second-order valence-corrected chi connectivity index (χ2v) is 8.74. The van der Waals surface area contributed by atoms with Gasteiger partial charge in [-0.15, -0.1) is 13.2 Å². The van der Waals surface area contributed by atoms with E-state index in [4.69, 9.17) is 9.47 Å². The van der Waals surface area contributed by atoms with E-state index in [0.717, 1.165) is 57.4 Å². The molecule has 0 aliphatic carbocycles. The van der Waals surface area contributed by atoms with Crippen LogP contribution in [0.3, 0.4) is 0 Å². The number of allylic oxidation sites excluding steroid dienone is 2. The maximum atomic E-state index is 12.6. The molecule has 0 fully saturated rings. The molecule has 9 heteroatoms. The normalized spacial score (nSPS) is 10.7. The quantitative estimate of drug-likeness (QED) is 0.109. The molecule has 0 saturated carbocycles. The smallest absolute Gasteiger partial charge is 0.744 e. The van der Waals surface area contributed by atoms with Crippen molar-refractivity contribution in [2.24, 2.45) is 0 Å². The predicted octanol–water partition coefficient (Wildman–Crippen LogP) is 2.18. The second-order valence-electron chi connectivity index (χ2n) is 7.39. The van der Waals surface area contributed by atoms with Crippen LogP contribution in [0, 0.1) is 0 Å². The fraction of sp³-hybridized carbons (Fsp3) is 0.500. The van der Waals surface area contributed by atoms with Gasteiger partial charge in [-0.05, 0) is 50.7 Å². The number of unbranched alkanes of at least 4 members (excludes halogenated alkanes) is 8. The first-order valence-electron chi connectivity index (χ1n) is 11.0. The van der Waals surface area contributed by atoms with Crippen molar-refractivity contribution < 1.29 is 61.6 Å². The molecule has 0 aliphatic rings. The Bertz CT molecular complexity index is 866. The summed E-state index contributed by atoms with van der Waals surface area (Å²) < 4.78 is 45.4. The maximum absolute atomic E-state index is 12.6. The number of ether oxygens (including phenoxy) is 2. The molecule has 0 unspecified atom stereocenters. The third kappa shape index (κ3) is 12.5. The van der Waals surface area contributed by atoms with Crippen molar-refractivity contribution >= 4 is 22.1 Å². The molecule has 1 rings (SSSR count). The van der Waals surface area contributed by atoms with Crippen LogP contribution in [-0.4, -0.2) is 38.1 Å². The average molecular weight is 489 g/mol. The van der Waals surface area contributed by atoms with Crippen LogP contribution in [0.15, 0.2) is 48.4 Å². The number of hydrogen-bond donors (Lipinski definition) is 0. The topological polar surface area (TPSA) is 110 Å². The molecule has 0 radical (unpaired) electrons. The van der Waals surface area contributed by atoms with Crippen molar-refractivity contribution in [2.45, 2.75) is 69.1 Å². The van der Waals surface area contributed by atoms with Gasteiger partial charge in [-0.3, -0.25) is 0 Å². The summed E-state index contributed by atoms with van der Waals surface area (Å²) in [7, 11) is -4.99. The molecule has 0 aromatic heterocycles. The molecular formula is C24H33NaO7S. The molecule has 0 atom stereocenters. The fourth-order valence-electron chi connectivity index (χ4n) is 3.09. The van der Waals surface area contributed by atoms with Gasteiger partial charge in [0.15, 0.2) is 0 Å². The first-order chi connectivity index (χ1) is 15.3. The minimum Gasteiger partial charge on any atom is -0.744 e. The van der Waals surface area contributed by atoms with Crippen LogP contribution in [0.2, 0.25) is 0 Å². The Kier molecular flexibility index (Phi) is 17.2. The van der Waals surface area contributed by atoms with Gasteiger partial charge in [0.25, 0.3) is 0 Å². The summed E-state index contributed by atoms with van der Waals surface area (Å²) in [6, 6.07) is 3.48. The summed E-state index contributed by atoms with van der Waals surface area (Å²) in [5, 5.41) is 0. The van der Waals surface area contributed by atoms with Crippen LogP contribution in [0.4, 0.5) is 0 Å². The molecule has 0 spiro atoms. The summed E-state index contributed by atoms with van der Waals surface area (Å²) >= 11 is 0. The Morgan fingerprint density at radius 1 is 0.818 bits per heavy atom. The molecule has 0 aliphatic heterocycles. The largest absolute Gasteiger partial charge is 1.00 e. The van der Waals surface area contributed by atoms with E-state index in [1.807, 2.05) is 12.2 Å². The van der Waals surface area contributed by atoms with Gasteiger partial charge in [-0.25, -0.2) is 18.0 Å². The van der Waals surface area contributed by atoms with E-state index >= 15 is 0 Å². The molecule has 7 nitrogen and oxygen atoms in total. The summed E-state index contributed by atoms with van der Waals surface area (Å²) in [5.74, 6) is -1.89. The van der Waals surface area contributed by atoms with Crippen LogP contribution in [0.25, 0.3) is 0 Å². The van der Waals surface area contributed by atoms with Gasteiger partial charge in [-0.1, -0.05) is 43.9 Å². The minimum absolute atomic E-state index is 0. The Morgan fingerprint density at radius 3 is 1.79 bits per heavy atom. The second kappa shape index (κ2) is 18.0. The van der Waals surface area contributed by atoms with Crippen molar-refractivity contribution in [1.82, 2.24) is 0 Å². The van der Waals surface area contributed by atoms with Crippen LogP contribution >= 0.6 is 0 Å². The number of hydrogen-bond acceptors (Lipinski definition) is 7. The van der Waals surface area contributed by atoms with Gasteiger partial charge in [0.05, 0.1) is 29.2 Å². The van der Waals surface area contributed by atoms with E-state index in [1.165, 1.54) is 12.1 Å². The summed E-state index contributed by atoms with van der Waals surface area (Å²) in [6.07, 6.45) is 12.3. The summed E-state index contributed by atoms with van der Waals surface area (Å²) in [4.78, 5) is 24.3. The number of benzene rings is 1. The molecule has 0 amide bonds. The molecular weight excluding hydrogens is 455 g/mol. The Balaban J connectivity index is 0.0000102. The SMILES string of the molecule is C=CCCCCCCOC(=O)c1cccc(S(=O)(=O)[O-])c1C(=O)OCCCCCCC=C.[Na+]. The molecule has 0 heterocycles. The van der Waals surface area contributed by atoms with E-state index in [1.54, 1.807) is 0 Å². The first kappa shape index (κ1) is 31.6. The van der Waals surface area contributed by atoms with E-state index in [9.17, 15) is 22.6 Å². The first-order valence-corrected chi connectivity index (χ1v) is 12.4. The van der Waals surface area contributed by atoms with Crippen molar-refractivity contribution in [3.05, 3.63) is 54.6 Å². The Morgan fingerprint density at radius 2 is 1.30 bits per heavy atom. The molecule has 0 bridgehead atoms. The summed E-state index contributed by atoms with van der Waals surface area (Å²) in [6.45, 7) is 7.50. The van der Waals surface area contributed by atoms with Gasteiger partial charge in [0.2, 0.25) is 0 Å².